The smallest absolute Gasteiger partial charge is 0.343 e. The van der Waals surface area contributed by atoms with Crippen molar-refractivity contribution in [3.8, 4) is 5.75 Å². The molecule has 0 unspecified atom stereocenters. The first-order chi connectivity index (χ1) is 15.9. The lowest BCUT2D eigenvalue weighted by Crippen LogP contribution is -2.57. The number of imide groups is 2. The molecular weight excluding hydrogens is 463 g/mol. The lowest BCUT2D eigenvalue weighted by atomic mass is 10.0. The van der Waals surface area contributed by atoms with Crippen LogP contribution in [0.5, 0.6) is 5.75 Å². The molecule has 0 aliphatic carbocycles. The minimum atomic E-state index is -0.762. The fourth-order valence-corrected chi connectivity index (χ4v) is 4.06. The van der Waals surface area contributed by atoms with Gasteiger partial charge in [-0.2, -0.15) is 0 Å². The number of para-hydroxylation sites is 2. The summed E-state index contributed by atoms with van der Waals surface area (Å²) in [6.07, 6.45) is 1.37. The second-order valence-corrected chi connectivity index (χ2v) is 7.85. The molecule has 6 nitrogen and oxygen atoms in total. The number of hydrogen-bond donors (Lipinski definition) is 0. The predicted molar refractivity (Wildman–Crippen MR) is 129 cm³/mol. The van der Waals surface area contributed by atoms with Gasteiger partial charge in [0.2, 0.25) is 0 Å². The van der Waals surface area contributed by atoms with Crippen molar-refractivity contribution in [2.24, 2.45) is 0 Å². The molecule has 3 aromatic carbocycles. The zero-order chi connectivity index (χ0) is 23.5. The quantitative estimate of drug-likeness (QED) is 0.333. The summed E-state index contributed by atoms with van der Waals surface area (Å²) in [6, 6.07) is 19.2. The van der Waals surface area contributed by atoms with Crippen LogP contribution in [-0.4, -0.2) is 24.5 Å². The SMILES string of the molecule is CCOc1c(Cl)cc(C=C2C(=O)N(c3ccccc3)C(=O)N(c3ccccc3)C2=O)cc1Cl. The summed E-state index contributed by atoms with van der Waals surface area (Å²) >= 11 is 12.6. The Balaban J connectivity index is 1.85. The van der Waals surface area contributed by atoms with Crippen molar-refractivity contribution >= 4 is 58.5 Å². The number of amides is 4. The topological polar surface area (TPSA) is 66.9 Å². The lowest BCUT2D eigenvalue weighted by molar-refractivity contribution is -0.121. The minimum Gasteiger partial charge on any atom is -0.491 e. The molecule has 33 heavy (non-hydrogen) atoms. The largest absolute Gasteiger partial charge is 0.491 e. The maximum atomic E-state index is 13.4. The fraction of sp³-hybridized carbons (Fsp3) is 0.0800. The van der Waals surface area contributed by atoms with Crippen LogP contribution in [0, 0.1) is 0 Å². The van der Waals surface area contributed by atoms with Crippen LogP contribution in [-0.2, 0) is 9.59 Å². The van der Waals surface area contributed by atoms with E-state index in [0.29, 0.717) is 29.3 Å². The molecule has 8 heteroatoms. The number of carbonyl (C=O) groups excluding carboxylic acids is 3. The number of rotatable bonds is 5. The standard InChI is InChI=1S/C25H18Cl2N2O4/c1-2-33-22-20(26)14-16(15-21(22)27)13-19-23(30)28(17-9-5-3-6-10-17)25(32)29(24(19)31)18-11-7-4-8-12-18/h3-15H,2H2,1H3. The summed E-state index contributed by atoms with van der Waals surface area (Å²) < 4.78 is 5.44. The number of benzene rings is 3. The maximum absolute atomic E-state index is 13.4. The van der Waals surface area contributed by atoms with Crippen LogP contribution in [0.1, 0.15) is 12.5 Å². The fourth-order valence-electron chi connectivity index (χ4n) is 3.45. The average molecular weight is 481 g/mol. The third-order valence-electron chi connectivity index (χ3n) is 4.90. The molecule has 0 bridgehead atoms. The van der Waals surface area contributed by atoms with Crippen LogP contribution in [0.3, 0.4) is 0 Å². The number of hydrogen-bond acceptors (Lipinski definition) is 4. The maximum Gasteiger partial charge on any atom is 0.343 e. The van der Waals surface area contributed by atoms with Crippen LogP contribution in [0.2, 0.25) is 10.0 Å². The Bertz CT molecular complexity index is 1170. The van der Waals surface area contributed by atoms with Crippen molar-refractivity contribution in [1.82, 2.24) is 0 Å². The van der Waals surface area contributed by atoms with Gasteiger partial charge in [0.05, 0.1) is 28.0 Å². The molecular formula is C25H18Cl2N2O4. The van der Waals surface area contributed by atoms with Crippen molar-refractivity contribution < 1.29 is 19.1 Å². The molecule has 4 amide bonds. The summed E-state index contributed by atoms with van der Waals surface area (Å²) in [5, 5.41) is 0.477. The first kappa shape index (κ1) is 22.6. The number of halogens is 2. The van der Waals surface area contributed by atoms with Gasteiger partial charge in [-0.1, -0.05) is 59.6 Å². The Kier molecular flexibility index (Phi) is 6.49. The van der Waals surface area contributed by atoms with Gasteiger partial charge in [0.25, 0.3) is 11.8 Å². The van der Waals surface area contributed by atoms with Gasteiger partial charge in [-0.3, -0.25) is 9.59 Å². The normalized spacial score (nSPS) is 14.0. The Labute approximate surface area is 200 Å². The van der Waals surface area contributed by atoms with E-state index in [4.69, 9.17) is 27.9 Å². The first-order valence-electron chi connectivity index (χ1n) is 10.1. The first-order valence-corrected chi connectivity index (χ1v) is 10.8. The van der Waals surface area contributed by atoms with E-state index in [1.807, 2.05) is 0 Å². The van der Waals surface area contributed by atoms with Gasteiger partial charge >= 0.3 is 6.03 Å². The molecule has 1 aliphatic heterocycles. The second kappa shape index (κ2) is 9.48. The summed E-state index contributed by atoms with van der Waals surface area (Å²) in [5.74, 6) is -1.18. The summed E-state index contributed by atoms with van der Waals surface area (Å²) in [4.78, 5) is 42.0. The van der Waals surface area contributed by atoms with Gasteiger partial charge in [-0.05, 0) is 55.0 Å². The molecule has 3 aromatic rings. The molecule has 1 aliphatic rings. The van der Waals surface area contributed by atoms with Crippen molar-refractivity contribution in [3.05, 3.63) is 94.0 Å². The predicted octanol–water partition coefficient (Wildman–Crippen LogP) is 5.98. The van der Waals surface area contributed by atoms with E-state index >= 15 is 0 Å². The Hall–Kier alpha value is -3.61. The monoisotopic (exact) mass is 480 g/mol. The summed E-state index contributed by atoms with van der Waals surface area (Å²) in [7, 11) is 0. The van der Waals surface area contributed by atoms with Gasteiger partial charge in [-0.15, -0.1) is 0 Å². The van der Waals surface area contributed by atoms with Gasteiger partial charge in [0.1, 0.15) is 5.57 Å². The number of urea groups is 1. The molecule has 1 saturated heterocycles. The number of anilines is 2. The third-order valence-corrected chi connectivity index (χ3v) is 5.46. The van der Waals surface area contributed by atoms with E-state index < -0.39 is 17.8 Å². The molecule has 166 valence electrons. The van der Waals surface area contributed by atoms with Crippen molar-refractivity contribution in [2.75, 3.05) is 16.4 Å². The average Bonchev–Trinajstić information content (AvgIpc) is 2.81. The summed E-state index contributed by atoms with van der Waals surface area (Å²) in [6.45, 7) is 2.17. The molecule has 0 aromatic heterocycles. The van der Waals surface area contributed by atoms with Crippen molar-refractivity contribution in [3.63, 3.8) is 0 Å². The molecule has 0 N–H and O–H groups in total. The molecule has 4 rings (SSSR count). The molecule has 0 saturated carbocycles. The van der Waals surface area contributed by atoms with Gasteiger partial charge in [-0.25, -0.2) is 14.6 Å². The van der Waals surface area contributed by atoms with E-state index in [-0.39, 0.29) is 15.6 Å². The highest BCUT2D eigenvalue weighted by molar-refractivity contribution is 6.46. The zero-order valence-electron chi connectivity index (χ0n) is 17.5. The van der Waals surface area contributed by atoms with Gasteiger partial charge < -0.3 is 4.74 Å². The van der Waals surface area contributed by atoms with Crippen LogP contribution in [0.15, 0.2) is 78.4 Å². The lowest BCUT2D eigenvalue weighted by Gasteiger charge is -2.33. The van der Waals surface area contributed by atoms with E-state index in [1.165, 1.54) is 6.08 Å². The molecule has 1 fully saturated rings. The number of nitrogens with zero attached hydrogens (tertiary/aromatic N) is 2. The highest BCUT2D eigenvalue weighted by Crippen LogP contribution is 2.36. The molecule has 0 atom stereocenters. The summed E-state index contributed by atoms with van der Waals surface area (Å²) in [5.41, 5.74) is 0.892. The second-order valence-electron chi connectivity index (χ2n) is 7.04. The van der Waals surface area contributed by atoms with Crippen molar-refractivity contribution in [1.29, 1.82) is 0 Å². The molecule has 0 spiro atoms. The van der Waals surface area contributed by atoms with E-state index in [9.17, 15) is 14.4 Å². The Morgan fingerprint density at radius 1 is 0.788 bits per heavy atom. The van der Waals surface area contributed by atoms with Crippen molar-refractivity contribution in [2.45, 2.75) is 6.92 Å². The Morgan fingerprint density at radius 3 is 1.67 bits per heavy atom. The number of barbiturate groups is 1. The highest BCUT2D eigenvalue weighted by Gasteiger charge is 2.43. The zero-order valence-corrected chi connectivity index (χ0v) is 19.0. The highest BCUT2D eigenvalue weighted by atomic mass is 35.5. The minimum absolute atomic E-state index is 0.210. The molecule has 1 heterocycles. The Morgan fingerprint density at radius 2 is 1.24 bits per heavy atom. The molecule has 0 radical (unpaired) electrons. The number of ether oxygens (including phenoxy) is 1. The van der Waals surface area contributed by atoms with Crippen LogP contribution in [0.25, 0.3) is 6.08 Å². The van der Waals surface area contributed by atoms with E-state index in [1.54, 1.807) is 79.7 Å². The van der Waals surface area contributed by atoms with Crippen LogP contribution < -0.4 is 14.5 Å². The van der Waals surface area contributed by atoms with E-state index in [2.05, 4.69) is 0 Å². The van der Waals surface area contributed by atoms with Crippen LogP contribution in [0.4, 0.5) is 16.2 Å². The number of carbonyl (C=O) groups is 3. The van der Waals surface area contributed by atoms with E-state index in [0.717, 1.165) is 9.80 Å². The third kappa shape index (κ3) is 4.35. The van der Waals surface area contributed by atoms with Crippen LogP contribution >= 0.6 is 23.2 Å². The van der Waals surface area contributed by atoms with Gasteiger partial charge in [0, 0.05) is 0 Å². The van der Waals surface area contributed by atoms with Gasteiger partial charge in [0.15, 0.2) is 5.75 Å².